The van der Waals surface area contributed by atoms with E-state index < -0.39 is 52.9 Å². The number of aliphatic hydroxyl groups excluding tert-OH is 1. The van der Waals surface area contributed by atoms with Gasteiger partial charge < -0.3 is 9.84 Å². The smallest absolute Gasteiger partial charge is 0.312 e. The van der Waals surface area contributed by atoms with Crippen LogP contribution in [-0.2, 0) is 0 Å². The number of fused-ring (bicyclic) bond motifs is 1. The monoisotopic (exact) mass is 373 g/mol. The summed E-state index contributed by atoms with van der Waals surface area (Å²) in [6.45, 7) is 0. The Kier molecular flexibility index (Phi) is 4.32. The zero-order chi connectivity index (χ0) is 19.2. The lowest BCUT2D eigenvalue weighted by molar-refractivity contribution is -0.143. The maximum Gasteiger partial charge on any atom is 0.312 e. The minimum absolute atomic E-state index is 0.157. The van der Waals surface area contributed by atoms with Gasteiger partial charge in [0.2, 0.25) is 0 Å². The third-order valence-electron chi connectivity index (χ3n) is 3.98. The minimum Gasteiger partial charge on any atom is -0.457 e. The first-order valence-corrected chi connectivity index (χ1v) is 7.20. The number of hydrogen-bond acceptors (Lipinski definition) is 3. The second-order valence-corrected chi connectivity index (χ2v) is 5.61. The molecule has 2 unspecified atom stereocenters. The maximum atomic E-state index is 13.8. The van der Waals surface area contributed by atoms with Crippen LogP contribution in [0, 0.1) is 17.1 Å². The molecule has 9 heteroatoms. The third-order valence-corrected chi connectivity index (χ3v) is 3.98. The highest BCUT2D eigenvalue weighted by Crippen LogP contribution is 2.56. The van der Waals surface area contributed by atoms with Gasteiger partial charge >= 0.3 is 5.92 Å². The number of nitriles is 1. The highest BCUT2D eigenvalue weighted by Gasteiger charge is 2.57. The fourth-order valence-corrected chi connectivity index (χ4v) is 2.83. The number of rotatable bonds is 3. The van der Waals surface area contributed by atoms with Crippen LogP contribution in [-0.4, -0.2) is 11.0 Å². The van der Waals surface area contributed by atoms with Crippen LogP contribution in [0.1, 0.15) is 41.0 Å². The molecule has 1 aliphatic rings. The summed E-state index contributed by atoms with van der Waals surface area (Å²) in [4.78, 5) is 0. The summed E-state index contributed by atoms with van der Waals surface area (Å²) in [6.07, 6.45) is -9.10. The van der Waals surface area contributed by atoms with Gasteiger partial charge in [0.25, 0.3) is 6.43 Å². The summed E-state index contributed by atoms with van der Waals surface area (Å²) in [5.41, 5.74) is -2.98. The Hall–Kier alpha value is -2.73. The summed E-state index contributed by atoms with van der Waals surface area (Å²) in [6, 6.07) is 6.00. The summed E-state index contributed by atoms with van der Waals surface area (Å²) >= 11 is 0. The van der Waals surface area contributed by atoms with Gasteiger partial charge in [-0.2, -0.15) is 14.0 Å². The predicted octanol–water partition coefficient (Wildman–Crippen LogP) is 5.12. The average Bonchev–Trinajstić information content (AvgIpc) is 2.74. The van der Waals surface area contributed by atoms with Crippen LogP contribution < -0.4 is 4.74 Å². The summed E-state index contributed by atoms with van der Waals surface area (Å²) in [7, 11) is 0. The average molecular weight is 373 g/mol. The van der Waals surface area contributed by atoms with Crippen molar-refractivity contribution >= 4 is 0 Å². The molecule has 0 fully saturated rings. The van der Waals surface area contributed by atoms with Crippen molar-refractivity contribution in [2.45, 2.75) is 24.6 Å². The first-order valence-electron chi connectivity index (χ1n) is 7.20. The van der Waals surface area contributed by atoms with Gasteiger partial charge in [-0.3, -0.25) is 0 Å². The SMILES string of the molecule is N#Cc1cc(F)cc(Oc2ccc3c(c2C(F)F)C(O)C(F)(F)C3F)c1. The van der Waals surface area contributed by atoms with E-state index in [9.17, 15) is 31.4 Å². The van der Waals surface area contributed by atoms with Crippen molar-refractivity contribution in [3.63, 3.8) is 0 Å². The highest BCUT2D eigenvalue weighted by atomic mass is 19.3. The van der Waals surface area contributed by atoms with E-state index in [1.54, 1.807) is 6.07 Å². The Morgan fingerprint density at radius 1 is 1.19 bits per heavy atom. The Morgan fingerprint density at radius 3 is 2.50 bits per heavy atom. The molecule has 0 bridgehead atoms. The molecule has 0 heterocycles. The first kappa shape index (κ1) is 18.1. The van der Waals surface area contributed by atoms with Crippen molar-refractivity contribution < 1.29 is 36.2 Å². The van der Waals surface area contributed by atoms with E-state index in [0.29, 0.717) is 0 Å². The molecule has 0 spiro atoms. The normalized spacial score (nSPS) is 20.7. The zero-order valence-corrected chi connectivity index (χ0v) is 12.7. The number of halogens is 6. The van der Waals surface area contributed by atoms with Gasteiger partial charge in [-0.1, -0.05) is 6.07 Å². The number of ether oxygens (including phenoxy) is 1. The lowest BCUT2D eigenvalue weighted by atomic mass is 10.0. The summed E-state index contributed by atoms with van der Waals surface area (Å²) in [5, 5.41) is 18.4. The Labute approximate surface area is 143 Å². The molecule has 0 amide bonds. The zero-order valence-electron chi connectivity index (χ0n) is 12.7. The van der Waals surface area contributed by atoms with Crippen molar-refractivity contribution in [1.82, 2.24) is 0 Å². The van der Waals surface area contributed by atoms with Crippen molar-refractivity contribution in [1.29, 1.82) is 5.26 Å². The van der Waals surface area contributed by atoms with Gasteiger partial charge in [0.15, 0.2) is 6.17 Å². The van der Waals surface area contributed by atoms with Crippen LogP contribution in [0.25, 0.3) is 0 Å². The van der Waals surface area contributed by atoms with Crippen LogP contribution in [0.2, 0.25) is 0 Å². The molecule has 3 rings (SSSR count). The number of aliphatic hydroxyl groups is 1. The molecule has 0 saturated carbocycles. The molecule has 2 aromatic carbocycles. The Morgan fingerprint density at radius 2 is 1.88 bits per heavy atom. The quantitative estimate of drug-likeness (QED) is 0.760. The number of nitrogens with zero attached hydrogens (tertiary/aromatic N) is 1. The fraction of sp³-hybridized carbons (Fsp3) is 0.235. The molecule has 0 saturated heterocycles. The van der Waals surface area contributed by atoms with E-state index in [0.717, 1.165) is 30.3 Å². The van der Waals surface area contributed by atoms with E-state index in [1.807, 2.05) is 0 Å². The van der Waals surface area contributed by atoms with E-state index >= 15 is 0 Å². The Bertz CT molecular complexity index is 909. The topological polar surface area (TPSA) is 53.2 Å². The third kappa shape index (κ3) is 2.76. The number of hydrogen-bond donors (Lipinski definition) is 1. The molecule has 0 aliphatic heterocycles. The van der Waals surface area contributed by atoms with Crippen molar-refractivity contribution in [2.24, 2.45) is 0 Å². The summed E-state index contributed by atoms with van der Waals surface area (Å²) < 4.78 is 86.7. The summed E-state index contributed by atoms with van der Waals surface area (Å²) in [5.74, 6) is -6.14. The van der Waals surface area contributed by atoms with Gasteiger partial charge in [-0.05, 0) is 23.8 Å². The van der Waals surface area contributed by atoms with Crippen LogP contribution in [0.15, 0.2) is 30.3 Å². The molecule has 26 heavy (non-hydrogen) atoms. The molecule has 1 N–H and O–H groups in total. The van der Waals surface area contributed by atoms with Gasteiger partial charge in [-0.25, -0.2) is 17.6 Å². The van der Waals surface area contributed by atoms with Crippen LogP contribution in [0.5, 0.6) is 11.5 Å². The van der Waals surface area contributed by atoms with Crippen molar-refractivity contribution in [3.05, 3.63) is 58.4 Å². The molecule has 2 atom stereocenters. The lowest BCUT2D eigenvalue weighted by Gasteiger charge is -2.18. The van der Waals surface area contributed by atoms with Crippen LogP contribution in [0.3, 0.4) is 0 Å². The maximum absolute atomic E-state index is 13.8. The van der Waals surface area contributed by atoms with Gasteiger partial charge in [0.1, 0.15) is 23.4 Å². The van der Waals surface area contributed by atoms with E-state index in [2.05, 4.69) is 0 Å². The standard InChI is InChI=1S/C17H9F6NO2/c18-8-3-7(6-24)4-9(5-8)26-11-2-1-10-12(13(11)16(20)21)15(25)17(22,23)14(10)19/h1-5,14-16,25H. The second kappa shape index (κ2) is 6.21. The van der Waals surface area contributed by atoms with Crippen molar-refractivity contribution in [3.8, 4) is 17.6 Å². The molecule has 3 nitrogen and oxygen atoms in total. The van der Waals surface area contributed by atoms with Gasteiger partial charge in [0.05, 0.1) is 17.2 Å². The van der Waals surface area contributed by atoms with Crippen LogP contribution >= 0.6 is 0 Å². The minimum atomic E-state index is -4.27. The van der Waals surface area contributed by atoms with E-state index in [4.69, 9.17) is 10.00 Å². The predicted molar refractivity (Wildman–Crippen MR) is 76.3 cm³/mol. The number of alkyl halides is 5. The highest BCUT2D eigenvalue weighted by molar-refractivity contribution is 5.53. The molecule has 0 aromatic heterocycles. The van der Waals surface area contributed by atoms with E-state index in [-0.39, 0.29) is 11.3 Å². The molecule has 1 aliphatic carbocycles. The van der Waals surface area contributed by atoms with E-state index in [1.165, 1.54) is 0 Å². The Balaban J connectivity index is 2.13. The molecule has 2 aromatic rings. The largest absolute Gasteiger partial charge is 0.457 e. The molecule has 136 valence electrons. The van der Waals surface area contributed by atoms with Crippen molar-refractivity contribution in [2.75, 3.05) is 0 Å². The fourth-order valence-electron chi connectivity index (χ4n) is 2.83. The lowest BCUT2D eigenvalue weighted by Crippen LogP contribution is -2.24. The molecular weight excluding hydrogens is 364 g/mol. The second-order valence-electron chi connectivity index (χ2n) is 5.61. The first-order chi connectivity index (χ1) is 12.2. The van der Waals surface area contributed by atoms with Gasteiger partial charge in [0, 0.05) is 11.6 Å². The molecular formula is C17H9F6NO2. The van der Waals surface area contributed by atoms with Crippen LogP contribution in [0.4, 0.5) is 26.3 Å². The number of benzene rings is 2. The van der Waals surface area contributed by atoms with Gasteiger partial charge in [-0.15, -0.1) is 0 Å². The molecule has 0 radical (unpaired) electrons.